The molecule has 0 saturated carbocycles. The van der Waals surface area contributed by atoms with Crippen LogP contribution < -0.4 is 18.9 Å². The number of aromatic nitrogens is 2. The van der Waals surface area contributed by atoms with Crippen LogP contribution in [0.2, 0.25) is 0 Å². The number of benzene rings is 3. The Morgan fingerprint density at radius 3 is 2.29 bits per heavy atom. The van der Waals surface area contributed by atoms with Crippen LogP contribution in [0.5, 0.6) is 23.0 Å². The van der Waals surface area contributed by atoms with Crippen molar-refractivity contribution in [2.75, 3.05) is 34.0 Å². The van der Waals surface area contributed by atoms with Crippen molar-refractivity contribution in [2.45, 2.75) is 58.7 Å². The van der Waals surface area contributed by atoms with Gasteiger partial charge < -0.3 is 23.7 Å². The van der Waals surface area contributed by atoms with Crippen molar-refractivity contribution in [1.82, 2.24) is 14.3 Å². The Labute approximate surface area is 287 Å². The number of esters is 1. The third kappa shape index (κ3) is 6.43. The maximum Gasteiger partial charge on any atom is 0.323 e. The highest BCUT2D eigenvalue weighted by Crippen LogP contribution is 2.40. The largest absolute Gasteiger partial charge is 0.496 e. The molecule has 2 aliphatic heterocycles. The molecule has 2 aromatic heterocycles. The van der Waals surface area contributed by atoms with Gasteiger partial charge in [0.05, 0.1) is 31.7 Å². The molecule has 1 atom stereocenters. The molecular weight excluding hydrogens is 618 g/mol. The van der Waals surface area contributed by atoms with Gasteiger partial charge in [0.15, 0.2) is 11.5 Å². The first kappa shape index (κ1) is 32.5. The number of likely N-dealkylation sites (tertiary alicyclic amines) is 1. The lowest BCUT2D eigenvalue weighted by molar-refractivity contribution is -0.160. The highest BCUT2D eigenvalue weighted by atomic mass is 16.6. The third-order valence-electron chi connectivity index (χ3n) is 9.32. The van der Waals surface area contributed by atoms with Crippen LogP contribution in [-0.2, 0) is 16.1 Å². The molecule has 9 heteroatoms. The molecule has 1 saturated heterocycles. The number of carbonyl (C=O) groups is 1. The molecule has 1 unspecified atom stereocenters. The maximum atomic E-state index is 13.0. The van der Waals surface area contributed by atoms with E-state index in [1.807, 2.05) is 45.2 Å². The van der Waals surface area contributed by atoms with Gasteiger partial charge in [-0.25, -0.2) is 4.98 Å². The summed E-state index contributed by atoms with van der Waals surface area (Å²) >= 11 is 0. The molecule has 3 aromatic carbocycles. The Balaban J connectivity index is 1.18. The maximum absolute atomic E-state index is 13.0. The van der Waals surface area contributed by atoms with E-state index in [2.05, 4.69) is 64.9 Å². The number of ether oxygens (including phenoxy) is 5. The SMILES string of the molecule is COc1cc(-c2cnc3cc(-c4cccc(-c5ccc6c(c5)OCCO6)c4C)ccn23)cc(OC)c1CN1CCCC1C(=O)OC(C)(C)C. The summed E-state index contributed by atoms with van der Waals surface area (Å²) in [5.74, 6) is 2.77. The summed E-state index contributed by atoms with van der Waals surface area (Å²) in [4.78, 5) is 20.0. The van der Waals surface area contributed by atoms with E-state index in [1.165, 1.54) is 5.56 Å². The molecule has 49 heavy (non-hydrogen) atoms. The van der Waals surface area contributed by atoms with Gasteiger partial charge in [-0.1, -0.05) is 24.3 Å². The molecule has 0 radical (unpaired) electrons. The van der Waals surface area contributed by atoms with Crippen molar-refractivity contribution in [2.24, 2.45) is 0 Å². The topological polar surface area (TPSA) is 83.8 Å². The van der Waals surface area contributed by atoms with Crippen molar-refractivity contribution in [3.05, 3.63) is 84.2 Å². The highest BCUT2D eigenvalue weighted by molar-refractivity contribution is 5.81. The number of hydrogen-bond acceptors (Lipinski definition) is 8. The number of fused-ring (bicyclic) bond motifs is 2. The Kier molecular flexibility index (Phi) is 8.71. The quantitative estimate of drug-likeness (QED) is 0.156. The van der Waals surface area contributed by atoms with Crippen LogP contribution in [0.1, 0.15) is 44.7 Å². The highest BCUT2D eigenvalue weighted by Gasteiger charge is 2.35. The molecule has 0 N–H and O–H groups in total. The summed E-state index contributed by atoms with van der Waals surface area (Å²) in [7, 11) is 3.33. The predicted molar refractivity (Wildman–Crippen MR) is 190 cm³/mol. The van der Waals surface area contributed by atoms with Crippen LogP contribution in [-0.4, -0.2) is 65.9 Å². The lowest BCUT2D eigenvalue weighted by atomic mass is 9.93. The van der Waals surface area contributed by atoms with Crippen molar-refractivity contribution in [3.8, 4) is 56.5 Å². The van der Waals surface area contributed by atoms with Gasteiger partial charge in [0.2, 0.25) is 0 Å². The number of imidazole rings is 1. The van der Waals surface area contributed by atoms with Gasteiger partial charge in [0, 0.05) is 18.3 Å². The minimum Gasteiger partial charge on any atom is -0.496 e. The van der Waals surface area contributed by atoms with E-state index in [0.717, 1.165) is 75.6 Å². The lowest BCUT2D eigenvalue weighted by Crippen LogP contribution is -2.40. The minimum absolute atomic E-state index is 0.185. The predicted octanol–water partition coefficient (Wildman–Crippen LogP) is 7.74. The second-order valence-corrected chi connectivity index (χ2v) is 13.6. The first-order chi connectivity index (χ1) is 23.6. The number of nitrogens with zero attached hydrogens (tertiary/aromatic N) is 3. The molecule has 9 nitrogen and oxygen atoms in total. The number of pyridine rings is 1. The van der Waals surface area contributed by atoms with Crippen molar-refractivity contribution >= 4 is 11.6 Å². The summed E-state index contributed by atoms with van der Waals surface area (Å²) in [6.07, 6.45) is 5.64. The van der Waals surface area contributed by atoms with Gasteiger partial charge in [-0.05, 0) is 111 Å². The Morgan fingerprint density at radius 1 is 0.898 bits per heavy atom. The van der Waals surface area contributed by atoms with Crippen molar-refractivity contribution in [1.29, 1.82) is 0 Å². The summed E-state index contributed by atoms with van der Waals surface area (Å²) in [5.41, 5.74) is 8.65. The van der Waals surface area contributed by atoms with E-state index in [1.54, 1.807) is 14.2 Å². The fraction of sp³-hybridized carbons (Fsp3) is 0.350. The third-order valence-corrected chi connectivity index (χ3v) is 9.32. The standard InChI is InChI=1S/C40H43N3O6/c1-25-29(26-12-13-34-37(19-26)48-18-17-47-34)9-7-10-30(25)27-14-16-43-33(23-41-38(43)22-27)28-20-35(45-5)31(36(21-28)46-6)24-42-15-8-11-32(42)39(44)49-40(2,3)4/h7,9-10,12-14,16,19-23,32H,8,11,15,17-18,24H2,1-6H3. The summed E-state index contributed by atoms with van der Waals surface area (Å²) in [6, 6.07) is 20.5. The van der Waals surface area contributed by atoms with Gasteiger partial charge in [-0.3, -0.25) is 14.1 Å². The van der Waals surface area contributed by atoms with Crippen LogP contribution >= 0.6 is 0 Å². The lowest BCUT2D eigenvalue weighted by Gasteiger charge is -2.28. The van der Waals surface area contributed by atoms with E-state index in [4.69, 9.17) is 28.7 Å². The van der Waals surface area contributed by atoms with Crippen molar-refractivity contribution in [3.63, 3.8) is 0 Å². The fourth-order valence-corrected chi connectivity index (χ4v) is 6.98. The average Bonchev–Trinajstić information content (AvgIpc) is 3.74. The van der Waals surface area contributed by atoms with Gasteiger partial charge in [0.25, 0.3) is 0 Å². The van der Waals surface area contributed by atoms with E-state index in [0.29, 0.717) is 31.3 Å². The van der Waals surface area contributed by atoms with E-state index in [-0.39, 0.29) is 12.0 Å². The molecule has 4 heterocycles. The van der Waals surface area contributed by atoms with Gasteiger partial charge >= 0.3 is 5.97 Å². The molecular formula is C40H43N3O6. The van der Waals surface area contributed by atoms with Crippen molar-refractivity contribution < 1.29 is 28.5 Å². The minimum atomic E-state index is -0.534. The Morgan fingerprint density at radius 2 is 1.59 bits per heavy atom. The second kappa shape index (κ2) is 13.1. The van der Waals surface area contributed by atoms with E-state index < -0.39 is 5.60 Å². The fourth-order valence-electron chi connectivity index (χ4n) is 6.98. The monoisotopic (exact) mass is 661 g/mol. The number of hydrogen-bond donors (Lipinski definition) is 0. The number of carbonyl (C=O) groups excluding carboxylic acids is 1. The number of rotatable bonds is 8. The molecule has 2 aliphatic rings. The van der Waals surface area contributed by atoms with E-state index >= 15 is 0 Å². The summed E-state index contributed by atoms with van der Waals surface area (Å²) < 4.78 is 31.2. The number of methoxy groups -OCH3 is 2. The average molecular weight is 662 g/mol. The normalized spacial score (nSPS) is 16.2. The van der Waals surface area contributed by atoms with Crippen LogP contribution in [0.25, 0.3) is 39.2 Å². The molecule has 0 aliphatic carbocycles. The van der Waals surface area contributed by atoms with Gasteiger partial charge in [-0.15, -0.1) is 0 Å². The molecule has 5 aromatic rings. The molecule has 0 amide bonds. The first-order valence-electron chi connectivity index (χ1n) is 16.8. The smallest absolute Gasteiger partial charge is 0.323 e. The molecule has 0 spiro atoms. The molecule has 7 rings (SSSR count). The molecule has 0 bridgehead atoms. The van der Waals surface area contributed by atoms with Crippen LogP contribution in [0.4, 0.5) is 0 Å². The van der Waals surface area contributed by atoms with Crippen LogP contribution in [0.3, 0.4) is 0 Å². The summed E-state index contributed by atoms with van der Waals surface area (Å²) in [6.45, 7) is 10.3. The molecule has 254 valence electrons. The second-order valence-electron chi connectivity index (χ2n) is 13.6. The molecule has 1 fully saturated rings. The zero-order valence-electron chi connectivity index (χ0n) is 29.0. The van der Waals surface area contributed by atoms with Gasteiger partial charge in [0.1, 0.15) is 42.0 Å². The summed E-state index contributed by atoms with van der Waals surface area (Å²) in [5, 5.41) is 0. The zero-order chi connectivity index (χ0) is 34.3. The first-order valence-corrected chi connectivity index (χ1v) is 16.8. The van der Waals surface area contributed by atoms with Gasteiger partial charge in [-0.2, -0.15) is 0 Å². The van der Waals surface area contributed by atoms with E-state index in [9.17, 15) is 4.79 Å². The van der Waals surface area contributed by atoms with Crippen LogP contribution in [0, 0.1) is 6.92 Å². The zero-order valence-corrected chi connectivity index (χ0v) is 29.0. The van der Waals surface area contributed by atoms with Crippen LogP contribution in [0.15, 0.2) is 73.1 Å². The Hall–Kier alpha value is -5.02. The Bertz CT molecular complexity index is 2000.